The Hall–Kier alpha value is -7.42. The second-order valence-electron chi connectivity index (χ2n) is 16.2. The number of anilines is 3. The van der Waals surface area contributed by atoms with Crippen LogP contribution in [0.1, 0.15) is 25.0 Å². The Labute approximate surface area is 345 Å². The van der Waals surface area contributed by atoms with E-state index in [-0.39, 0.29) is 5.41 Å². The van der Waals surface area contributed by atoms with Crippen LogP contribution in [0.25, 0.3) is 72.0 Å². The minimum absolute atomic E-state index is 0.0657. The van der Waals surface area contributed by atoms with Gasteiger partial charge in [0, 0.05) is 38.9 Å². The van der Waals surface area contributed by atoms with Crippen molar-refractivity contribution in [2.75, 3.05) is 4.90 Å². The highest BCUT2D eigenvalue weighted by Crippen LogP contribution is 2.51. The van der Waals surface area contributed by atoms with E-state index < -0.39 is 0 Å². The molecule has 59 heavy (non-hydrogen) atoms. The van der Waals surface area contributed by atoms with Crippen molar-refractivity contribution in [3.05, 3.63) is 230 Å². The van der Waals surface area contributed by atoms with E-state index >= 15 is 0 Å². The Balaban J connectivity index is 0.940. The fourth-order valence-corrected chi connectivity index (χ4v) is 9.40. The summed E-state index contributed by atoms with van der Waals surface area (Å²) in [6.07, 6.45) is 0. The van der Waals surface area contributed by atoms with Crippen LogP contribution in [0.2, 0.25) is 0 Å². The molecular formula is C57H42N2. The Morgan fingerprint density at radius 3 is 1.66 bits per heavy atom. The predicted molar refractivity (Wildman–Crippen MR) is 249 cm³/mol. The summed E-state index contributed by atoms with van der Waals surface area (Å²) in [6.45, 7) is 4.72. The number of benzene rings is 9. The van der Waals surface area contributed by atoms with E-state index in [1.807, 2.05) is 0 Å². The van der Waals surface area contributed by atoms with Crippen molar-refractivity contribution < 1.29 is 0 Å². The largest absolute Gasteiger partial charge is 0.310 e. The number of para-hydroxylation sites is 2. The first-order chi connectivity index (χ1) is 29.0. The van der Waals surface area contributed by atoms with Crippen molar-refractivity contribution in [1.82, 2.24) is 4.57 Å². The number of fused-ring (bicyclic) bond motifs is 6. The molecule has 0 bridgehead atoms. The van der Waals surface area contributed by atoms with Gasteiger partial charge >= 0.3 is 0 Å². The molecule has 1 heterocycles. The van der Waals surface area contributed by atoms with Gasteiger partial charge in [0.2, 0.25) is 0 Å². The summed E-state index contributed by atoms with van der Waals surface area (Å²) in [6, 6.07) is 79.6. The number of hydrogen-bond donors (Lipinski definition) is 0. The SMILES string of the molecule is CC1(C)c2ccccc2-c2cc3c4ccccc4n(-c4ccc(-c5cccc(-c6cccc(N(c7ccccc7)c7ccc(-c8ccccc8)cc7)c6)c5)cc4)c3cc21. The molecule has 9 aromatic carbocycles. The zero-order valence-electron chi connectivity index (χ0n) is 33.2. The highest BCUT2D eigenvalue weighted by Gasteiger charge is 2.36. The molecule has 2 nitrogen and oxygen atoms in total. The maximum Gasteiger partial charge on any atom is 0.0544 e. The molecule has 0 aliphatic heterocycles. The average Bonchev–Trinajstić information content (AvgIpc) is 3.74. The molecular weight excluding hydrogens is 713 g/mol. The zero-order valence-corrected chi connectivity index (χ0v) is 33.2. The first-order valence-corrected chi connectivity index (χ1v) is 20.5. The van der Waals surface area contributed by atoms with Crippen LogP contribution < -0.4 is 4.90 Å². The Morgan fingerprint density at radius 2 is 0.881 bits per heavy atom. The molecule has 11 rings (SSSR count). The summed E-state index contributed by atoms with van der Waals surface area (Å²) in [5.74, 6) is 0. The summed E-state index contributed by atoms with van der Waals surface area (Å²) >= 11 is 0. The van der Waals surface area contributed by atoms with Crippen molar-refractivity contribution in [3.8, 4) is 50.2 Å². The monoisotopic (exact) mass is 754 g/mol. The predicted octanol–water partition coefficient (Wildman–Crippen LogP) is 15.6. The second kappa shape index (κ2) is 13.9. The molecule has 10 aromatic rings. The van der Waals surface area contributed by atoms with E-state index in [4.69, 9.17) is 0 Å². The van der Waals surface area contributed by atoms with Crippen molar-refractivity contribution in [2.45, 2.75) is 19.3 Å². The number of rotatable bonds is 7. The van der Waals surface area contributed by atoms with Crippen LogP contribution in [-0.4, -0.2) is 4.57 Å². The van der Waals surface area contributed by atoms with Gasteiger partial charge in [-0.15, -0.1) is 0 Å². The molecule has 280 valence electrons. The van der Waals surface area contributed by atoms with Gasteiger partial charge in [-0.1, -0.05) is 159 Å². The zero-order chi connectivity index (χ0) is 39.5. The smallest absolute Gasteiger partial charge is 0.0544 e. The van der Waals surface area contributed by atoms with E-state index in [0.29, 0.717) is 0 Å². The lowest BCUT2D eigenvalue weighted by atomic mass is 9.82. The van der Waals surface area contributed by atoms with Gasteiger partial charge in [-0.05, 0) is 128 Å². The van der Waals surface area contributed by atoms with Crippen LogP contribution in [0.5, 0.6) is 0 Å². The number of hydrogen-bond acceptors (Lipinski definition) is 1. The summed E-state index contributed by atoms with van der Waals surface area (Å²) in [7, 11) is 0. The third-order valence-electron chi connectivity index (χ3n) is 12.4. The van der Waals surface area contributed by atoms with Gasteiger partial charge < -0.3 is 9.47 Å². The maximum absolute atomic E-state index is 2.45. The number of nitrogens with zero attached hydrogens (tertiary/aromatic N) is 2. The molecule has 0 spiro atoms. The Morgan fingerprint density at radius 1 is 0.339 bits per heavy atom. The van der Waals surface area contributed by atoms with Crippen molar-refractivity contribution in [1.29, 1.82) is 0 Å². The summed E-state index contributed by atoms with van der Waals surface area (Å²) in [5, 5.41) is 2.57. The summed E-state index contributed by atoms with van der Waals surface area (Å²) in [5.41, 5.74) is 19.6. The van der Waals surface area contributed by atoms with Crippen LogP contribution >= 0.6 is 0 Å². The van der Waals surface area contributed by atoms with Gasteiger partial charge in [-0.25, -0.2) is 0 Å². The lowest BCUT2D eigenvalue weighted by Crippen LogP contribution is -2.14. The quantitative estimate of drug-likeness (QED) is 0.157. The van der Waals surface area contributed by atoms with Crippen LogP contribution in [-0.2, 0) is 5.41 Å². The molecule has 1 aliphatic rings. The lowest BCUT2D eigenvalue weighted by Gasteiger charge is -2.26. The van der Waals surface area contributed by atoms with Gasteiger partial charge in [0.25, 0.3) is 0 Å². The fraction of sp³-hybridized carbons (Fsp3) is 0.0526. The molecule has 1 aromatic heterocycles. The highest BCUT2D eigenvalue weighted by atomic mass is 15.1. The fourth-order valence-electron chi connectivity index (χ4n) is 9.40. The van der Waals surface area contributed by atoms with Crippen molar-refractivity contribution in [3.63, 3.8) is 0 Å². The third-order valence-corrected chi connectivity index (χ3v) is 12.4. The Kier molecular flexibility index (Phi) is 8.20. The molecule has 0 fully saturated rings. The van der Waals surface area contributed by atoms with E-state index in [1.54, 1.807) is 0 Å². The molecule has 0 saturated carbocycles. The molecule has 0 atom stereocenters. The van der Waals surface area contributed by atoms with Crippen molar-refractivity contribution >= 4 is 38.9 Å². The topological polar surface area (TPSA) is 8.17 Å². The molecule has 1 aliphatic carbocycles. The van der Waals surface area contributed by atoms with E-state index in [1.165, 1.54) is 77.4 Å². The maximum atomic E-state index is 2.45. The first-order valence-electron chi connectivity index (χ1n) is 20.5. The highest BCUT2D eigenvalue weighted by molar-refractivity contribution is 6.11. The molecule has 0 radical (unpaired) electrons. The number of aromatic nitrogens is 1. The van der Waals surface area contributed by atoms with E-state index in [2.05, 4.69) is 242 Å². The van der Waals surface area contributed by atoms with Crippen LogP contribution in [0.15, 0.2) is 218 Å². The molecule has 0 amide bonds. The Bertz CT molecular complexity index is 3150. The van der Waals surface area contributed by atoms with Gasteiger partial charge in [0.1, 0.15) is 0 Å². The minimum atomic E-state index is -0.0657. The van der Waals surface area contributed by atoms with Gasteiger partial charge in [-0.2, -0.15) is 0 Å². The first kappa shape index (κ1) is 34.8. The van der Waals surface area contributed by atoms with Crippen LogP contribution in [0, 0.1) is 0 Å². The molecule has 0 N–H and O–H groups in total. The van der Waals surface area contributed by atoms with Gasteiger partial charge in [0.15, 0.2) is 0 Å². The minimum Gasteiger partial charge on any atom is -0.310 e. The molecule has 2 heteroatoms. The normalized spacial score (nSPS) is 12.7. The van der Waals surface area contributed by atoms with E-state index in [9.17, 15) is 0 Å². The lowest BCUT2D eigenvalue weighted by molar-refractivity contribution is 0.661. The average molecular weight is 755 g/mol. The standard InChI is InChI=1S/C57H42N2/c1-57(2)53-25-11-9-23-49(53)51-37-52-50-24-10-12-26-55(50)59(56(52)38-54(51)57)47-33-29-41(30-34-47)42-17-13-18-43(35-42)44-19-14-22-48(36-44)58(45-20-7-4-8-21-45)46-31-27-40(28-32-46)39-15-5-3-6-16-39/h3-38H,1-2H3. The van der Waals surface area contributed by atoms with Gasteiger partial charge in [-0.3, -0.25) is 0 Å². The van der Waals surface area contributed by atoms with Crippen LogP contribution in [0.3, 0.4) is 0 Å². The molecule has 0 saturated heterocycles. The third kappa shape index (κ3) is 5.87. The molecule has 0 unspecified atom stereocenters. The van der Waals surface area contributed by atoms with Crippen LogP contribution in [0.4, 0.5) is 17.1 Å². The second-order valence-corrected chi connectivity index (χ2v) is 16.2. The van der Waals surface area contributed by atoms with Gasteiger partial charge in [0.05, 0.1) is 11.0 Å². The summed E-state index contributed by atoms with van der Waals surface area (Å²) in [4.78, 5) is 2.34. The summed E-state index contributed by atoms with van der Waals surface area (Å²) < 4.78 is 2.45. The van der Waals surface area contributed by atoms with E-state index in [0.717, 1.165) is 22.7 Å². The van der Waals surface area contributed by atoms with Crippen molar-refractivity contribution in [2.24, 2.45) is 0 Å².